The van der Waals surface area contributed by atoms with E-state index in [1.54, 1.807) is 31.4 Å². The van der Waals surface area contributed by atoms with Crippen molar-refractivity contribution in [3.8, 4) is 17.6 Å². The molecular weight excluding hydrogens is 194 g/mol. The number of ether oxygens (including phenoxy) is 2. The maximum atomic E-state index is 11.1. The van der Waals surface area contributed by atoms with Gasteiger partial charge < -0.3 is 9.47 Å². The van der Waals surface area contributed by atoms with Crippen LogP contribution in [0, 0.1) is 11.3 Å². The third kappa shape index (κ3) is 3.69. The lowest BCUT2D eigenvalue weighted by atomic mass is 10.3. The Hall–Kier alpha value is -2.02. The Morgan fingerprint density at radius 2 is 1.93 bits per heavy atom. The standard InChI is InChI=1S/C11H11NO3/c1-14-9-4-6-10(7-5-9)15-11(13)3-2-8-12/h4-7H,2-3H2,1H3. The summed E-state index contributed by atoms with van der Waals surface area (Å²) >= 11 is 0. The molecule has 0 saturated heterocycles. The van der Waals surface area contributed by atoms with E-state index in [1.165, 1.54) is 0 Å². The number of carbonyl (C=O) groups is 1. The number of rotatable bonds is 4. The predicted octanol–water partition coefficient (Wildman–Crippen LogP) is 1.90. The van der Waals surface area contributed by atoms with Crippen molar-refractivity contribution in [1.82, 2.24) is 0 Å². The molecule has 4 heteroatoms. The molecule has 1 aromatic rings. The molecule has 0 atom stereocenters. The Morgan fingerprint density at radius 1 is 1.33 bits per heavy atom. The van der Waals surface area contributed by atoms with Crippen molar-refractivity contribution in [3.05, 3.63) is 24.3 Å². The molecule has 0 heterocycles. The summed E-state index contributed by atoms with van der Waals surface area (Å²) in [5.41, 5.74) is 0. The number of hydrogen-bond donors (Lipinski definition) is 0. The van der Waals surface area contributed by atoms with Crippen LogP contribution in [0.3, 0.4) is 0 Å². The Kier molecular flexibility index (Phi) is 4.17. The molecule has 0 amide bonds. The number of hydrogen-bond acceptors (Lipinski definition) is 4. The van der Waals surface area contributed by atoms with E-state index in [-0.39, 0.29) is 12.8 Å². The summed E-state index contributed by atoms with van der Waals surface area (Å²) in [6.07, 6.45) is 0.289. The monoisotopic (exact) mass is 205 g/mol. The van der Waals surface area contributed by atoms with E-state index < -0.39 is 5.97 Å². The van der Waals surface area contributed by atoms with Crippen molar-refractivity contribution in [2.45, 2.75) is 12.8 Å². The number of nitrogens with zero attached hydrogens (tertiary/aromatic N) is 1. The SMILES string of the molecule is COc1ccc(OC(=O)CCC#N)cc1. The second-order valence-electron chi connectivity index (χ2n) is 2.81. The van der Waals surface area contributed by atoms with Gasteiger partial charge in [0.25, 0.3) is 0 Å². The van der Waals surface area contributed by atoms with Crippen molar-refractivity contribution >= 4 is 5.97 Å². The fourth-order valence-corrected chi connectivity index (χ4v) is 0.984. The maximum Gasteiger partial charge on any atom is 0.312 e. The van der Waals surface area contributed by atoms with Crippen LogP contribution in [-0.4, -0.2) is 13.1 Å². The number of esters is 1. The molecule has 78 valence electrons. The largest absolute Gasteiger partial charge is 0.497 e. The molecule has 1 aromatic carbocycles. The quantitative estimate of drug-likeness (QED) is 0.556. The molecular formula is C11H11NO3. The Bertz CT molecular complexity index is 364. The first-order valence-electron chi connectivity index (χ1n) is 4.48. The van der Waals surface area contributed by atoms with Crippen LogP contribution < -0.4 is 9.47 Å². The van der Waals surface area contributed by atoms with E-state index >= 15 is 0 Å². The zero-order valence-electron chi connectivity index (χ0n) is 8.40. The minimum absolute atomic E-state index is 0.114. The van der Waals surface area contributed by atoms with Crippen molar-refractivity contribution in [2.75, 3.05) is 7.11 Å². The summed E-state index contributed by atoms with van der Waals surface area (Å²) < 4.78 is 9.93. The highest BCUT2D eigenvalue weighted by Crippen LogP contribution is 2.17. The Morgan fingerprint density at radius 3 is 2.47 bits per heavy atom. The van der Waals surface area contributed by atoms with Gasteiger partial charge in [0.2, 0.25) is 0 Å². The molecule has 0 aromatic heterocycles. The fourth-order valence-electron chi connectivity index (χ4n) is 0.984. The number of carbonyl (C=O) groups excluding carboxylic acids is 1. The van der Waals surface area contributed by atoms with Crippen LogP contribution in [-0.2, 0) is 4.79 Å². The summed E-state index contributed by atoms with van der Waals surface area (Å²) in [7, 11) is 1.56. The van der Waals surface area contributed by atoms with E-state index in [2.05, 4.69) is 0 Å². The molecule has 0 saturated carbocycles. The molecule has 1 rings (SSSR count). The van der Waals surface area contributed by atoms with Gasteiger partial charge in [-0.15, -0.1) is 0 Å². The van der Waals surface area contributed by atoms with Crippen LogP contribution in [0.5, 0.6) is 11.5 Å². The van der Waals surface area contributed by atoms with Gasteiger partial charge in [-0.05, 0) is 24.3 Å². The summed E-state index contributed by atoms with van der Waals surface area (Å²) in [4.78, 5) is 11.1. The molecule has 0 unspecified atom stereocenters. The first-order chi connectivity index (χ1) is 7.26. The smallest absolute Gasteiger partial charge is 0.312 e. The number of nitriles is 1. The van der Waals surface area contributed by atoms with Crippen LogP contribution in [0.25, 0.3) is 0 Å². The van der Waals surface area contributed by atoms with Gasteiger partial charge in [-0.25, -0.2) is 0 Å². The first kappa shape index (κ1) is 11.1. The van der Waals surface area contributed by atoms with Gasteiger partial charge in [0.05, 0.1) is 19.6 Å². The molecule has 0 spiro atoms. The van der Waals surface area contributed by atoms with Crippen LogP contribution in [0.4, 0.5) is 0 Å². The van der Waals surface area contributed by atoms with Gasteiger partial charge in [0, 0.05) is 6.42 Å². The zero-order valence-corrected chi connectivity index (χ0v) is 8.40. The van der Waals surface area contributed by atoms with Crippen molar-refractivity contribution in [1.29, 1.82) is 5.26 Å². The Labute approximate surface area is 88.0 Å². The molecule has 0 aliphatic rings. The summed E-state index contributed by atoms with van der Waals surface area (Å²) in [6, 6.07) is 8.57. The lowest BCUT2D eigenvalue weighted by molar-refractivity contribution is -0.134. The molecule has 0 aliphatic heterocycles. The average molecular weight is 205 g/mol. The second-order valence-corrected chi connectivity index (χ2v) is 2.81. The lowest BCUT2D eigenvalue weighted by Crippen LogP contribution is -2.06. The van der Waals surface area contributed by atoms with E-state index in [1.807, 2.05) is 6.07 Å². The van der Waals surface area contributed by atoms with Gasteiger partial charge in [0.1, 0.15) is 11.5 Å². The van der Waals surface area contributed by atoms with Crippen LogP contribution >= 0.6 is 0 Å². The zero-order chi connectivity index (χ0) is 11.1. The van der Waals surface area contributed by atoms with Crippen LogP contribution in [0.1, 0.15) is 12.8 Å². The topological polar surface area (TPSA) is 59.3 Å². The van der Waals surface area contributed by atoms with Crippen LogP contribution in [0.15, 0.2) is 24.3 Å². The van der Waals surface area contributed by atoms with Crippen LogP contribution in [0.2, 0.25) is 0 Å². The second kappa shape index (κ2) is 5.66. The highest BCUT2D eigenvalue weighted by Gasteiger charge is 2.03. The van der Waals surface area contributed by atoms with Crippen molar-refractivity contribution < 1.29 is 14.3 Å². The number of benzene rings is 1. The number of methoxy groups -OCH3 is 1. The maximum absolute atomic E-state index is 11.1. The molecule has 0 N–H and O–H groups in total. The van der Waals surface area contributed by atoms with E-state index in [0.29, 0.717) is 11.5 Å². The Balaban J connectivity index is 2.50. The van der Waals surface area contributed by atoms with E-state index in [9.17, 15) is 4.79 Å². The minimum atomic E-state index is -0.401. The molecule has 4 nitrogen and oxygen atoms in total. The predicted molar refractivity (Wildman–Crippen MR) is 53.5 cm³/mol. The minimum Gasteiger partial charge on any atom is -0.497 e. The normalized spacial score (nSPS) is 9.07. The molecule has 0 fully saturated rings. The van der Waals surface area contributed by atoms with Crippen molar-refractivity contribution in [3.63, 3.8) is 0 Å². The van der Waals surface area contributed by atoms with Gasteiger partial charge in [0.15, 0.2) is 0 Å². The van der Waals surface area contributed by atoms with Gasteiger partial charge in [-0.2, -0.15) is 5.26 Å². The van der Waals surface area contributed by atoms with Gasteiger partial charge >= 0.3 is 5.97 Å². The lowest BCUT2D eigenvalue weighted by Gasteiger charge is -2.03. The highest BCUT2D eigenvalue weighted by atomic mass is 16.5. The van der Waals surface area contributed by atoms with Crippen molar-refractivity contribution in [2.24, 2.45) is 0 Å². The molecule has 0 aliphatic carbocycles. The first-order valence-corrected chi connectivity index (χ1v) is 4.48. The molecule has 0 bridgehead atoms. The van der Waals surface area contributed by atoms with Gasteiger partial charge in [-0.1, -0.05) is 0 Å². The van der Waals surface area contributed by atoms with E-state index in [4.69, 9.17) is 14.7 Å². The van der Waals surface area contributed by atoms with E-state index in [0.717, 1.165) is 0 Å². The summed E-state index contributed by atoms with van der Waals surface area (Å²) in [5, 5.41) is 8.28. The average Bonchev–Trinajstić information content (AvgIpc) is 2.27. The molecule has 0 radical (unpaired) electrons. The third-order valence-corrected chi connectivity index (χ3v) is 1.73. The third-order valence-electron chi connectivity index (χ3n) is 1.73. The van der Waals surface area contributed by atoms with Gasteiger partial charge in [-0.3, -0.25) is 4.79 Å². The summed E-state index contributed by atoms with van der Waals surface area (Å²) in [5.74, 6) is 0.757. The highest BCUT2D eigenvalue weighted by molar-refractivity contribution is 5.72. The summed E-state index contributed by atoms with van der Waals surface area (Å²) in [6.45, 7) is 0. The fraction of sp³-hybridized carbons (Fsp3) is 0.273. The molecule has 15 heavy (non-hydrogen) atoms.